The predicted molar refractivity (Wildman–Crippen MR) is 82.7 cm³/mol. The fourth-order valence-corrected chi connectivity index (χ4v) is 2.73. The van der Waals surface area contributed by atoms with Crippen LogP contribution in [0, 0.1) is 5.92 Å². The molecule has 3 N–H and O–H groups in total. The third kappa shape index (κ3) is 6.93. The molecule has 5 nitrogen and oxygen atoms in total. The Labute approximate surface area is 127 Å². The van der Waals surface area contributed by atoms with Crippen LogP contribution in [0.4, 0.5) is 0 Å². The molecular formula is C16H30N2O3. The van der Waals surface area contributed by atoms with Crippen molar-refractivity contribution in [2.45, 2.75) is 70.8 Å². The molecule has 0 atom stereocenters. The molecule has 1 aliphatic rings. The summed E-state index contributed by atoms with van der Waals surface area (Å²) < 4.78 is 0. The second-order valence-electron chi connectivity index (χ2n) is 6.19. The van der Waals surface area contributed by atoms with E-state index in [1.165, 1.54) is 19.3 Å². The van der Waals surface area contributed by atoms with E-state index in [0.717, 1.165) is 12.8 Å². The SMILES string of the molecule is CCC(O)(CC)CNC(=O)CNC(=O)CC1CCCCC1. The van der Waals surface area contributed by atoms with Gasteiger partial charge < -0.3 is 15.7 Å². The van der Waals surface area contributed by atoms with Crippen molar-refractivity contribution in [3.05, 3.63) is 0 Å². The highest BCUT2D eigenvalue weighted by molar-refractivity contribution is 5.84. The van der Waals surface area contributed by atoms with Gasteiger partial charge in [-0.05, 0) is 31.6 Å². The Kier molecular flexibility index (Phi) is 7.72. The molecule has 1 aliphatic carbocycles. The van der Waals surface area contributed by atoms with E-state index >= 15 is 0 Å². The number of hydrogen-bond acceptors (Lipinski definition) is 3. The third-order valence-corrected chi connectivity index (χ3v) is 4.58. The molecule has 0 bridgehead atoms. The van der Waals surface area contributed by atoms with E-state index in [-0.39, 0.29) is 24.9 Å². The first-order valence-corrected chi connectivity index (χ1v) is 8.25. The quantitative estimate of drug-likeness (QED) is 0.638. The van der Waals surface area contributed by atoms with Crippen LogP contribution in [0.2, 0.25) is 0 Å². The number of hydrogen-bond donors (Lipinski definition) is 3. The summed E-state index contributed by atoms with van der Waals surface area (Å²) in [5, 5.41) is 15.4. The Morgan fingerprint density at radius 2 is 1.67 bits per heavy atom. The van der Waals surface area contributed by atoms with Crippen molar-refractivity contribution >= 4 is 11.8 Å². The number of carbonyl (C=O) groups is 2. The Morgan fingerprint density at radius 3 is 2.24 bits per heavy atom. The Balaban J connectivity index is 2.18. The summed E-state index contributed by atoms with van der Waals surface area (Å²) >= 11 is 0. The summed E-state index contributed by atoms with van der Waals surface area (Å²) in [4.78, 5) is 23.5. The molecule has 122 valence electrons. The Bertz CT molecular complexity index is 334. The average molecular weight is 298 g/mol. The zero-order valence-corrected chi connectivity index (χ0v) is 13.4. The van der Waals surface area contributed by atoms with E-state index in [2.05, 4.69) is 10.6 Å². The van der Waals surface area contributed by atoms with Gasteiger partial charge in [0, 0.05) is 13.0 Å². The summed E-state index contributed by atoms with van der Waals surface area (Å²) in [5.41, 5.74) is -0.845. The van der Waals surface area contributed by atoms with Crippen molar-refractivity contribution in [3.63, 3.8) is 0 Å². The largest absolute Gasteiger partial charge is 0.388 e. The molecule has 0 aromatic carbocycles. The molecule has 0 aliphatic heterocycles. The van der Waals surface area contributed by atoms with E-state index in [4.69, 9.17) is 0 Å². The fourth-order valence-electron chi connectivity index (χ4n) is 2.73. The van der Waals surface area contributed by atoms with Crippen LogP contribution < -0.4 is 10.6 Å². The van der Waals surface area contributed by atoms with Crippen molar-refractivity contribution < 1.29 is 14.7 Å². The normalized spacial score (nSPS) is 16.5. The van der Waals surface area contributed by atoms with Crippen molar-refractivity contribution in [2.75, 3.05) is 13.1 Å². The summed E-state index contributed by atoms with van der Waals surface area (Å²) in [6.45, 7) is 4.01. The van der Waals surface area contributed by atoms with Crippen LogP contribution in [0.5, 0.6) is 0 Å². The molecule has 0 radical (unpaired) electrons. The topological polar surface area (TPSA) is 78.4 Å². The van der Waals surface area contributed by atoms with Gasteiger partial charge in [-0.3, -0.25) is 9.59 Å². The Hall–Kier alpha value is -1.10. The van der Waals surface area contributed by atoms with Crippen LogP contribution in [-0.4, -0.2) is 35.6 Å². The minimum absolute atomic E-state index is 0.00490. The molecule has 1 fully saturated rings. The maximum Gasteiger partial charge on any atom is 0.239 e. The van der Waals surface area contributed by atoms with Crippen LogP contribution in [0.25, 0.3) is 0 Å². The average Bonchev–Trinajstić information content (AvgIpc) is 2.51. The summed E-state index contributed by atoms with van der Waals surface area (Å²) in [7, 11) is 0. The van der Waals surface area contributed by atoms with Crippen molar-refractivity contribution in [1.29, 1.82) is 0 Å². The van der Waals surface area contributed by atoms with E-state index in [0.29, 0.717) is 25.2 Å². The van der Waals surface area contributed by atoms with E-state index in [1.54, 1.807) is 0 Å². The van der Waals surface area contributed by atoms with E-state index < -0.39 is 5.60 Å². The van der Waals surface area contributed by atoms with Crippen LogP contribution in [0.15, 0.2) is 0 Å². The van der Waals surface area contributed by atoms with Crippen molar-refractivity contribution in [3.8, 4) is 0 Å². The van der Waals surface area contributed by atoms with E-state index in [1.807, 2.05) is 13.8 Å². The lowest BCUT2D eigenvalue weighted by atomic mass is 9.87. The standard InChI is InChI=1S/C16H30N2O3/c1-3-16(21,4-2)12-18-15(20)11-17-14(19)10-13-8-6-5-7-9-13/h13,21H,3-12H2,1-2H3,(H,17,19)(H,18,20). The first kappa shape index (κ1) is 18.0. The minimum Gasteiger partial charge on any atom is -0.388 e. The number of aliphatic hydroxyl groups is 1. The Morgan fingerprint density at radius 1 is 1.05 bits per heavy atom. The number of amides is 2. The number of rotatable bonds is 8. The van der Waals surface area contributed by atoms with Gasteiger partial charge in [0.15, 0.2) is 0 Å². The lowest BCUT2D eigenvalue weighted by Crippen LogP contribution is -2.45. The third-order valence-electron chi connectivity index (χ3n) is 4.58. The highest BCUT2D eigenvalue weighted by atomic mass is 16.3. The highest BCUT2D eigenvalue weighted by Crippen LogP contribution is 2.25. The monoisotopic (exact) mass is 298 g/mol. The zero-order valence-electron chi connectivity index (χ0n) is 13.4. The predicted octanol–water partition coefficient (Wildman–Crippen LogP) is 1.74. The maximum atomic E-state index is 11.8. The van der Waals surface area contributed by atoms with Gasteiger partial charge in [-0.1, -0.05) is 33.1 Å². The summed E-state index contributed by atoms with van der Waals surface area (Å²) in [6, 6.07) is 0. The van der Waals surface area contributed by atoms with Gasteiger partial charge in [-0.2, -0.15) is 0 Å². The summed E-state index contributed by atoms with van der Waals surface area (Å²) in [5.74, 6) is 0.192. The molecular weight excluding hydrogens is 268 g/mol. The van der Waals surface area contributed by atoms with Gasteiger partial charge in [-0.25, -0.2) is 0 Å². The first-order valence-electron chi connectivity index (χ1n) is 8.25. The van der Waals surface area contributed by atoms with Crippen LogP contribution >= 0.6 is 0 Å². The number of carbonyl (C=O) groups excluding carboxylic acids is 2. The van der Waals surface area contributed by atoms with Gasteiger partial charge in [0.2, 0.25) is 11.8 Å². The second kappa shape index (κ2) is 9.03. The van der Waals surface area contributed by atoms with Crippen molar-refractivity contribution in [1.82, 2.24) is 10.6 Å². The molecule has 21 heavy (non-hydrogen) atoms. The van der Waals surface area contributed by atoms with Gasteiger partial charge in [-0.15, -0.1) is 0 Å². The fraction of sp³-hybridized carbons (Fsp3) is 0.875. The van der Waals surface area contributed by atoms with Crippen LogP contribution in [0.1, 0.15) is 65.2 Å². The lowest BCUT2D eigenvalue weighted by molar-refractivity contribution is -0.127. The molecule has 5 heteroatoms. The molecule has 1 rings (SSSR count). The molecule has 2 amide bonds. The maximum absolute atomic E-state index is 11.8. The van der Waals surface area contributed by atoms with Gasteiger partial charge in [0.25, 0.3) is 0 Å². The van der Waals surface area contributed by atoms with Gasteiger partial charge in [0.1, 0.15) is 0 Å². The second-order valence-corrected chi connectivity index (χ2v) is 6.19. The molecule has 0 saturated heterocycles. The minimum atomic E-state index is -0.845. The molecule has 0 aromatic heterocycles. The zero-order chi connectivity index (χ0) is 15.7. The highest BCUT2D eigenvalue weighted by Gasteiger charge is 2.23. The summed E-state index contributed by atoms with van der Waals surface area (Å²) in [6.07, 6.45) is 7.67. The van der Waals surface area contributed by atoms with Crippen molar-refractivity contribution in [2.24, 2.45) is 5.92 Å². The smallest absolute Gasteiger partial charge is 0.239 e. The molecule has 0 heterocycles. The van der Waals surface area contributed by atoms with Gasteiger partial charge >= 0.3 is 0 Å². The number of nitrogens with one attached hydrogen (secondary N) is 2. The van der Waals surface area contributed by atoms with Gasteiger partial charge in [0.05, 0.1) is 12.1 Å². The van der Waals surface area contributed by atoms with Crippen LogP contribution in [-0.2, 0) is 9.59 Å². The van der Waals surface area contributed by atoms with Crippen LogP contribution in [0.3, 0.4) is 0 Å². The molecule has 0 aromatic rings. The molecule has 0 unspecified atom stereocenters. The molecule has 1 saturated carbocycles. The lowest BCUT2D eigenvalue weighted by Gasteiger charge is -2.25. The van der Waals surface area contributed by atoms with E-state index in [9.17, 15) is 14.7 Å². The molecule has 0 spiro atoms. The first-order chi connectivity index (χ1) is 9.99.